The molecule has 0 bridgehead atoms. The highest BCUT2D eigenvalue weighted by atomic mass is 79.9. The normalized spacial score (nSPS) is 12.0. The minimum absolute atomic E-state index is 0.0729. The number of aliphatic imine (C=N–C) groups is 1. The monoisotopic (exact) mass is 389 g/mol. The zero-order valence-corrected chi connectivity index (χ0v) is 14.7. The molecule has 1 heterocycles. The number of hydrogen-bond donors (Lipinski definition) is 3. The van der Waals surface area contributed by atoms with Crippen LogP contribution in [0.2, 0.25) is 0 Å². The minimum atomic E-state index is -0.394. The lowest BCUT2D eigenvalue weighted by atomic mass is 10.1. The van der Waals surface area contributed by atoms with Gasteiger partial charge in [-0.15, -0.1) is 0 Å². The summed E-state index contributed by atoms with van der Waals surface area (Å²) in [5, 5.41) is 15.6. The summed E-state index contributed by atoms with van der Waals surface area (Å²) in [6.07, 6.45) is 5.18. The maximum atomic E-state index is 14.6. The third-order valence-electron chi connectivity index (χ3n) is 3.30. The van der Waals surface area contributed by atoms with E-state index in [1.54, 1.807) is 24.4 Å². The van der Waals surface area contributed by atoms with Crippen molar-refractivity contribution in [2.24, 2.45) is 10.7 Å². The standard InChI is InChI=1S/C17H17BrFN5/c1-2-12(20)4-6-15(21)24-16(22)7-10-3-5-14-13(17(10)19)8-11(18)9-23-14/h3-6,8-9,20H,2,7H2,1H3,(H3,21,22,24)/b6-4-,20-12?. The lowest BCUT2D eigenvalue weighted by Crippen LogP contribution is -2.17. The first kappa shape index (κ1) is 17.9. The Hall–Kier alpha value is -2.41. The number of nitrogens with zero attached hydrogens (tertiary/aromatic N) is 2. The van der Waals surface area contributed by atoms with E-state index >= 15 is 0 Å². The first-order valence-electron chi connectivity index (χ1n) is 7.30. The van der Waals surface area contributed by atoms with Crippen molar-refractivity contribution in [2.75, 3.05) is 0 Å². The fourth-order valence-corrected chi connectivity index (χ4v) is 2.38. The molecule has 0 aliphatic heterocycles. The molecule has 0 saturated heterocycles. The van der Waals surface area contributed by atoms with Crippen molar-refractivity contribution in [1.29, 1.82) is 10.8 Å². The molecule has 5 nitrogen and oxygen atoms in total. The van der Waals surface area contributed by atoms with Crippen molar-refractivity contribution in [3.63, 3.8) is 0 Å². The maximum Gasteiger partial charge on any atom is 0.146 e. The van der Waals surface area contributed by atoms with Crippen molar-refractivity contribution < 1.29 is 4.39 Å². The van der Waals surface area contributed by atoms with Crippen molar-refractivity contribution in [2.45, 2.75) is 19.8 Å². The lowest BCUT2D eigenvalue weighted by Gasteiger charge is -2.06. The predicted molar refractivity (Wildman–Crippen MR) is 99.6 cm³/mol. The molecule has 7 heteroatoms. The zero-order chi connectivity index (χ0) is 17.7. The summed E-state index contributed by atoms with van der Waals surface area (Å²) in [6.45, 7) is 1.85. The van der Waals surface area contributed by atoms with Crippen LogP contribution in [0, 0.1) is 16.6 Å². The highest BCUT2D eigenvalue weighted by molar-refractivity contribution is 9.10. The molecule has 2 aromatic rings. The van der Waals surface area contributed by atoms with Crippen LogP contribution in [-0.4, -0.2) is 22.4 Å². The van der Waals surface area contributed by atoms with E-state index in [0.29, 0.717) is 33.1 Å². The number of benzene rings is 1. The van der Waals surface area contributed by atoms with Gasteiger partial charge in [0.05, 0.1) is 5.52 Å². The van der Waals surface area contributed by atoms with Crippen LogP contribution in [-0.2, 0) is 6.42 Å². The molecule has 24 heavy (non-hydrogen) atoms. The van der Waals surface area contributed by atoms with Gasteiger partial charge in [-0.3, -0.25) is 10.4 Å². The van der Waals surface area contributed by atoms with Crippen LogP contribution in [0.15, 0.2) is 46.0 Å². The Morgan fingerprint density at radius 2 is 2.12 bits per heavy atom. The number of hydrogen-bond acceptors (Lipinski definition) is 3. The smallest absolute Gasteiger partial charge is 0.146 e. The van der Waals surface area contributed by atoms with Gasteiger partial charge in [0.2, 0.25) is 0 Å². The third kappa shape index (κ3) is 4.55. The number of nitrogens with one attached hydrogen (secondary N) is 2. The molecule has 4 N–H and O–H groups in total. The Bertz CT molecular complexity index is 857. The van der Waals surface area contributed by atoms with Crippen molar-refractivity contribution in [3.8, 4) is 0 Å². The highest BCUT2D eigenvalue weighted by Crippen LogP contribution is 2.23. The lowest BCUT2D eigenvalue weighted by molar-refractivity contribution is 0.627. The Balaban J connectivity index is 2.21. The number of pyridine rings is 1. The second-order valence-corrected chi connectivity index (χ2v) is 6.05. The number of rotatable bonds is 5. The second kappa shape index (κ2) is 7.92. The number of allylic oxidation sites excluding steroid dienone is 1. The van der Waals surface area contributed by atoms with E-state index in [1.165, 1.54) is 12.2 Å². The molecule has 0 saturated carbocycles. The summed E-state index contributed by atoms with van der Waals surface area (Å²) in [5.74, 6) is -0.334. The molecule has 0 aliphatic carbocycles. The maximum absolute atomic E-state index is 14.6. The first-order chi connectivity index (χ1) is 11.4. The Morgan fingerprint density at radius 3 is 2.83 bits per heavy atom. The highest BCUT2D eigenvalue weighted by Gasteiger charge is 2.10. The molecule has 124 valence electrons. The third-order valence-corrected chi connectivity index (χ3v) is 3.74. The number of fused-ring (bicyclic) bond motifs is 1. The fourth-order valence-electron chi connectivity index (χ4n) is 2.04. The van der Waals surface area contributed by atoms with Crippen molar-refractivity contribution in [1.82, 2.24) is 4.98 Å². The summed E-state index contributed by atoms with van der Waals surface area (Å²) in [4.78, 5) is 8.07. The van der Waals surface area contributed by atoms with Gasteiger partial charge in [-0.05, 0) is 52.2 Å². The Labute approximate surface area is 147 Å². The van der Waals surface area contributed by atoms with Crippen LogP contribution < -0.4 is 5.73 Å². The number of aromatic nitrogens is 1. The van der Waals surface area contributed by atoms with E-state index in [9.17, 15) is 4.39 Å². The summed E-state index contributed by atoms with van der Waals surface area (Å²) in [7, 11) is 0. The van der Waals surface area contributed by atoms with Gasteiger partial charge < -0.3 is 11.1 Å². The van der Waals surface area contributed by atoms with Crippen LogP contribution in [0.25, 0.3) is 10.9 Å². The number of amidine groups is 2. The fraction of sp³-hybridized carbons (Fsp3) is 0.176. The van der Waals surface area contributed by atoms with Gasteiger partial charge in [0, 0.05) is 28.2 Å². The molecule has 1 aromatic heterocycles. The van der Waals surface area contributed by atoms with Gasteiger partial charge in [-0.1, -0.05) is 13.0 Å². The van der Waals surface area contributed by atoms with Crippen LogP contribution in [0.4, 0.5) is 4.39 Å². The summed E-state index contributed by atoms with van der Waals surface area (Å²) in [5.41, 5.74) is 7.16. The largest absolute Gasteiger partial charge is 0.387 e. The topological polar surface area (TPSA) is 99.0 Å². The number of nitrogens with two attached hydrogens (primary N) is 1. The molecule has 0 aliphatic rings. The Kier molecular flexibility index (Phi) is 5.92. The predicted octanol–water partition coefficient (Wildman–Crippen LogP) is 4.00. The minimum Gasteiger partial charge on any atom is -0.387 e. The van der Waals surface area contributed by atoms with Gasteiger partial charge >= 0.3 is 0 Å². The van der Waals surface area contributed by atoms with Crippen LogP contribution >= 0.6 is 15.9 Å². The van der Waals surface area contributed by atoms with E-state index in [0.717, 1.165) is 0 Å². The average Bonchev–Trinajstić information content (AvgIpc) is 2.55. The van der Waals surface area contributed by atoms with Crippen molar-refractivity contribution >= 4 is 44.2 Å². The van der Waals surface area contributed by atoms with Crippen LogP contribution in [0.1, 0.15) is 18.9 Å². The van der Waals surface area contributed by atoms with E-state index in [2.05, 4.69) is 25.9 Å². The summed E-state index contributed by atoms with van der Waals surface area (Å²) >= 11 is 3.28. The Morgan fingerprint density at radius 1 is 1.38 bits per heavy atom. The molecule has 0 atom stereocenters. The molecule has 0 spiro atoms. The molecular formula is C17H17BrFN5. The quantitative estimate of drug-likeness (QED) is 0.531. The first-order valence-corrected chi connectivity index (χ1v) is 8.09. The van der Waals surface area contributed by atoms with Gasteiger partial charge in [0.25, 0.3) is 0 Å². The molecule has 0 fully saturated rings. The molecule has 0 unspecified atom stereocenters. The van der Waals surface area contributed by atoms with Gasteiger partial charge in [-0.25, -0.2) is 9.38 Å². The van der Waals surface area contributed by atoms with Crippen LogP contribution in [0.3, 0.4) is 0 Å². The van der Waals surface area contributed by atoms with Crippen LogP contribution in [0.5, 0.6) is 0 Å². The second-order valence-electron chi connectivity index (χ2n) is 5.14. The summed E-state index contributed by atoms with van der Waals surface area (Å²) < 4.78 is 15.3. The average molecular weight is 390 g/mol. The van der Waals surface area contributed by atoms with Crippen molar-refractivity contribution in [3.05, 3.63) is 52.4 Å². The van der Waals surface area contributed by atoms with Gasteiger partial charge in [-0.2, -0.15) is 0 Å². The van der Waals surface area contributed by atoms with E-state index in [1.807, 2.05) is 6.92 Å². The van der Waals surface area contributed by atoms with E-state index in [4.69, 9.17) is 16.6 Å². The van der Waals surface area contributed by atoms with Gasteiger partial charge in [0.1, 0.15) is 17.5 Å². The van der Waals surface area contributed by atoms with E-state index in [-0.39, 0.29) is 18.1 Å². The summed E-state index contributed by atoms with van der Waals surface area (Å²) in [6, 6.07) is 5.00. The molecule has 1 aromatic carbocycles. The SMILES string of the molecule is CCC(=N)/C=C\C(=N)N=C(N)Cc1ccc2ncc(Br)cc2c1F. The molecule has 0 radical (unpaired) electrons. The zero-order valence-electron chi connectivity index (χ0n) is 13.1. The molecule has 2 rings (SSSR count). The molecular weight excluding hydrogens is 373 g/mol. The van der Waals surface area contributed by atoms with E-state index < -0.39 is 5.82 Å². The molecule has 0 amide bonds. The number of halogens is 2. The van der Waals surface area contributed by atoms with Gasteiger partial charge in [0.15, 0.2) is 0 Å².